The number of nitrogens with one attached hydrogen (secondary N) is 1. The van der Waals surface area contributed by atoms with Gasteiger partial charge < -0.3 is 15.2 Å². The fraction of sp³-hybridized carbons (Fsp3) is 0.429. The molecule has 1 unspecified atom stereocenters. The number of fused-ring (bicyclic) bond motifs is 1. The number of amides is 1. The summed E-state index contributed by atoms with van der Waals surface area (Å²) < 4.78 is 7.44. The van der Waals surface area contributed by atoms with Crippen LogP contribution in [0.25, 0.3) is 11.1 Å². The summed E-state index contributed by atoms with van der Waals surface area (Å²) in [6.45, 7) is 1.15. The predicted molar refractivity (Wildman–Crippen MR) is 137 cm³/mol. The molecule has 1 aromatic carbocycles. The van der Waals surface area contributed by atoms with Gasteiger partial charge in [0.2, 0.25) is 0 Å². The molecule has 1 atom stereocenters. The Morgan fingerprint density at radius 3 is 2.78 bits per heavy atom. The number of carbonyl (C=O) groups is 2. The number of pyridine rings is 1. The first-order valence-corrected chi connectivity index (χ1v) is 12.7. The molecule has 1 amide bonds. The van der Waals surface area contributed by atoms with Crippen molar-refractivity contribution in [3.63, 3.8) is 0 Å². The van der Waals surface area contributed by atoms with E-state index < -0.39 is 17.9 Å². The maximum atomic E-state index is 12.7. The Morgan fingerprint density at radius 1 is 1.11 bits per heavy atom. The largest absolute Gasteiger partial charge is 0.480 e. The van der Waals surface area contributed by atoms with Gasteiger partial charge in [-0.3, -0.25) is 14.5 Å². The number of aliphatic carboxylic acids is 1. The number of unbranched alkanes of at least 4 members (excludes halogenated alkanes) is 1. The fourth-order valence-corrected chi connectivity index (χ4v) is 4.51. The van der Waals surface area contributed by atoms with Gasteiger partial charge in [-0.25, -0.2) is 4.79 Å². The van der Waals surface area contributed by atoms with Gasteiger partial charge in [0.25, 0.3) is 5.91 Å². The molecule has 0 bridgehead atoms. The first kappa shape index (κ1) is 25.6. The zero-order chi connectivity index (χ0) is 25.3. The van der Waals surface area contributed by atoms with Crippen LogP contribution in [-0.2, 0) is 35.8 Å². The van der Waals surface area contributed by atoms with E-state index in [1.807, 2.05) is 19.3 Å². The molecule has 1 aliphatic rings. The number of ether oxygens (including phenoxy) is 1. The normalized spacial score (nSPS) is 13.7. The van der Waals surface area contributed by atoms with Gasteiger partial charge in [-0.05, 0) is 74.3 Å². The summed E-state index contributed by atoms with van der Waals surface area (Å²) >= 11 is 0. The molecular weight excluding hydrogens is 456 g/mol. The van der Waals surface area contributed by atoms with E-state index in [1.54, 1.807) is 29.1 Å². The second kappa shape index (κ2) is 12.4. The second-order valence-corrected chi connectivity index (χ2v) is 9.32. The zero-order valence-electron chi connectivity index (χ0n) is 20.8. The number of nitrogens with zero attached hydrogens (tertiary/aromatic N) is 3. The number of carboxylic acids is 1. The van der Waals surface area contributed by atoms with Crippen molar-refractivity contribution in [2.24, 2.45) is 7.05 Å². The van der Waals surface area contributed by atoms with E-state index in [0.717, 1.165) is 42.5 Å². The maximum absolute atomic E-state index is 12.7. The van der Waals surface area contributed by atoms with Crippen LogP contribution in [0.3, 0.4) is 0 Å². The second-order valence-electron chi connectivity index (χ2n) is 9.32. The number of aromatic nitrogens is 3. The summed E-state index contributed by atoms with van der Waals surface area (Å²) in [5.41, 5.74) is 5.85. The molecular formula is C28H34N4O4. The molecule has 1 aliphatic carbocycles. The van der Waals surface area contributed by atoms with Crippen LogP contribution in [0.4, 0.5) is 0 Å². The number of hydrogen-bond acceptors (Lipinski definition) is 5. The molecule has 190 valence electrons. The van der Waals surface area contributed by atoms with E-state index in [2.05, 4.69) is 22.5 Å². The third-order valence-corrected chi connectivity index (χ3v) is 6.54. The van der Waals surface area contributed by atoms with Crippen molar-refractivity contribution in [2.45, 2.75) is 57.4 Å². The average Bonchev–Trinajstić information content (AvgIpc) is 3.33. The van der Waals surface area contributed by atoms with Crippen molar-refractivity contribution < 1.29 is 19.4 Å². The van der Waals surface area contributed by atoms with E-state index in [-0.39, 0.29) is 0 Å². The van der Waals surface area contributed by atoms with E-state index in [4.69, 9.17) is 9.72 Å². The number of benzene rings is 1. The van der Waals surface area contributed by atoms with E-state index in [0.29, 0.717) is 31.6 Å². The van der Waals surface area contributed by atoms with Gasteiger partial charge >= 0.3 is 5.97 Å². The van der Waals surface area contributed by atoms with Crippen LogP contribution in [0.2, 0.25) is 0 Å². The number of hydrogen-bond donors (Lipinski definition) is 2. The molecule has 0 spiro atoms. The summed E-state index contributed by atoms with van der Waals surface area (Å²) in [6, 6.07) is 10.5. The maximum Gasteiger partial charge on any atom is 0.326 e. The third-order valence-electron chi connectivity index (χ3n) is 6.54. The molecule has 2 aromatic heterocycles. The average molecular weight is 491 g/mol. The Kier molecular flexibility index (Phi) is 8.84. The molecule has 0 saturated heterocycles. The number of aryl methyl sites for hydroxylation is 3. The minimum atomic E-state index is -1.04. The summed E-state index contributed by atoms with van der Waals surface area (Å²) in [7, 11) is 1.83. The molecule has 8 nitrogen and oxygen atoms in total. The molecule has 36 heavy (non-hydrogen) atoms. The quantitative estimate of drug-likeness (QED) is 0.372. The van der Waals surface area contributed by atoms with Crippen molar-refractivity contribution in [3.8, 4) is 11.1 Å². The Labute approximate surface area is 211 Å². The monoisotopic (exact) mass is 490 g/mol. The summed E-state index contributed by atoms with van der Waals surface area (Å²) in [5.74, 6) is -1.44. The minimum absolute atomic E-state index is 0.346. The molecule has 8 heteroatoms. The molecule has 0 aliphatic heterocycles. The van der Waals surface area contributed by atoms with Crippen LogP contribution in [0.1, 0.15) is 59.4 Å². The van der Waals surface area contributed by atoms with E-state index >= 15 is 0 Å². The molecule has 0 fully saturated rings. The fourth-order valence-electron chi connectivity index (χ4n) is 4.51. The molecule has 4 rings (SSSR count). The van der Waals surface area contributed by atoms with E-state index in [9.17, 15) is 14.7 Å². The standard InChI is InChI=1S/C28H34N4O4/c1-32-19-23(18-29-32)21-8-6-9-22(17-21)27(33)31-26(28(34)35)11-4-5-15-36-16-14-24-13-12-20-7-2-3-10-25(20)30-24/h6,8-9,12-13,17-19,26H,2-5,7,10-11,14-16H2,1H3,(H,31,33)(H,34,35). The smallest absolute Gasteiger partial charge is 0.326 e. The topological polar surface area (TPSA) is 106 Å². The highest BCUT2D eigenvalue weighted by Crippen LogP contribution is 2.21. The van der Waals surface area contributed by atoms with Gasteiger partial charge in [-0.15, -0.1) is 0 Å². The van der Waals surface area contributed by atoms with Gasteiger partial charge in [0.05, 0.1) is 12.8 Å². The summed E-state index contributed by atoms with van der Waals surface area (Å²) in [4.78, 5) is 29.2. The first-order chi connectivity index (χ1) is 17.5. The van der Waals surface area contributed by atoms with Crippen LogP contribution >= 0.6 is 0 Å². The molecule has 3 aromatic rings. The first-order valence-electron chi connectivity index (χ1n) is 12.7. The van der Waals surface area contributed by atoms with Gasteiger partial charge in [0, 0.05) is 48.8 Å². The summed E-state index contributed by atoms with van der Waals surface area (Å²) in [5, 5.41) is 16.4. The lowest BCUT2D eigenvalue weighted by Crippen LogP contribution is -2.40. The SMILES string of the molecule is Cn1cc(-c2cccc(C(=O)NC(CCCCOCCc3ccc4c(n3)CCCC4)C(=O)O)c2)cn1. The van der Waals surface area contributed by atoms with Crippen LogP contribution < -0.4 is 5.32 Å². The predicted octanol–water partition coefficient (Wildman–Crippen LogP) is 3.97. The van der Waals surface area contributed by atoms with E-state index in [1.165, 1.54) is 24.1 Å². The Bertz CT molecular complexity index is 1190. The van der Waals surface area contributed by atoms with Crippen molar-refractivity contribution in [1.29, 1.82) is 0 Å². The number of carbonyl (C=O) groups excluding carboxylic acids is 1. The molecule has 0 radical (unpaired) electrons. The van der Waals surface area contributed by atoms with Crippen molar-refractivity contribution in [2.75, 3.05) is 13.2 Å². The van der Waals surface area contributed by atoms with Gasteiger partial charge in [-0.1, -0.05) is 18.2 Å². The van der Waals surface area contributed by atoms with Crippen molar-refractivity contribution in [3.05, 3.63) is 71.3 Å². The Balaban J connectivity index is 1.18. The number of rotatable bonds is 12. The zero-order valence-corrected chi connectivity index (χ0v) is 20.8. The van der Waals surface area contributed by atoms with Gasteiger partial charge in [0.1, 0.15) is 6.04 Å². The molecule has 2 heterocycles. The Morgan fingerprint density at radius 2 is 1.97 bits per heavy atom. The van der Waals surface area contributed by atoms with Gasteiger partial charge in [-0.2, -0.15) is 5.10 Å². The van der Waals surface area contributed by atoms with Crippen molar-refractivity contribution in [1.82, 2.24) is 20.1 Å². The number of carboxylic acid groups (broad SMARTS) is 1. The molecule has 0 saturated carbocycles. The van der Waals surface area contributed by atoms with Crippen LogP contribution in [0, 0.1) is 0 Å². The Hall–Kier alpha value is -3.52. The summed E-state index contributed by atoms with van der Waals surface area (Å²) in [6.07, 6.45) is 10.8. The highest BCUT2D eigenvalue weighted by atomic mass is 16.5. The van der Waals surface area contributed by atoms with Crippen LogP contribution in [0.5, 0.6) is 0 Å². The van der Waals surface area contributed by atoms with Crippen molar-refractivity contribution >= 4 is 11.9 Å². The lowest BCUT2D eigenvalue weighted by Gasteiger charge is -2.16. The van der Waals surface area contributed by atoms with Crippen LogP contribution in [0.15, 0.2) is 48.8 Å². The third kappa shape index (κ3) is 7.01. The highest BCUT2D eigenvalue weighted by Gasteiger charge is 2.20. The minimum Gasteiger partial charge on any atom is -0.480 e. The highest BCUT2D eigenvalue weighted by molar-refractivity contribution is 5.97. The lowest BCUT2D eigenvalue weighted by atomic mass is 9.96. The van der Waals surface area contributed by atoms with Crippen LogP contribution in [-0.4, -0.2) is 51.0 Å². The van der Waals surface area contributed by atoms with Gasteiger partial charge in [0.15, 0.2) is 0 Å². The lowest BCUT2D eigenvalue weighted by molar-refractivity contribution is -0.139. The molecule has 2 N–H and O–H groups in total.